The Bertz CT molecular complexity index is 497. The SMILES string of the molecule is O=C(NCCc1cocn1)c1ccccc1Cl. The molecule has 5 heteroatoms. The van der Waals surface area contributed by atoms with Crippen molar-refractivity contribution < 1.29 is 9.21 Å². The summed E-state index contributed by atoms with van der Waals surface area (Å²) in [5.41, 5.74) is 1.29. The van der Waals surface area contributed by atoms with Crippen LogP contribution in [0.2, 0.25) is 5.02 Å². The van der Waals surface area contributed by atoms with Crippen LogP contribution in [-0.4, -0.2) is 17.4 Å². The maximum atomic E-state index is 11.8. The number of rotatable bonds is 4. The van der Waals surface area contributed by atoms with E-state index in [2.05, 4.69) is 10.3 Å². The van der Waals surface area contributed by atoms with Crippen molar-refractivity contribution in [3.63, 3.8) is 0 Å². The Hall–Kier alpha value is -1.81. The van der Waals surface area contributed by atoms with E-state index in [1.165, 1.54) is 6.39 Å². The third-order valence-corrected chi connectivity index (χ3v) is 2.60. The monoisotopic (exact) mass is 250 g/mol. The van der Waals surface area contributed by atoms with Crippen molar-refractivity contribution in [3.05, 3.63) is 53.2 Å². The summed E-state index contributed by atoms with van der Waals surface area (Å²) in [6.45, 7) is 0.497. The molecule has 1 aromatic heterocycles. The topological polar surface area (TPSA) is 55.1 Å². The van der Waals surface area contributed by atoms with E-state index in [1.807, 2.05) is 0 Å². The minimum absolute atomic E-state index is 0.181. The summed E-state index contributed by atoms with van der Waals surface area (Å²) in [5.74, 6) is -0.181. The predicted octanol–water partition coefficient (Wildman–Crippen LogP) is 2.30. The number of hydrogen-bond acceptors (Lipinski definition) is 3. The summed E-state index contributed by atoms with van der Waals surface area (Å²) in [7, 11) is 0. The molecule has 0 aliphatic rings. The number of hydrogen-bond donors (Lipinski definition) is 1. The molecule has 0 aliphatic carbocycles. The van der Waals surface area contributed by atoms with Crippen molar-refractivity contribution >= 4 is 17.5 Å². The van der Waals surface area contributed by atoms with Gasteiger partial charge in [-0.05, 0) is 12.1 Å². The molecule has 0 fully saturated rings. The number of carbonyl (C=O) groups is 1. The Balaban J connectivity index is 1.88. The van der Waals surface area contributed by atoms with Crippen LogP contribution in [0.1, 0.15) is 16.1 Å². The molecule has 1 aromatic carbocycles. The van der Waals surface area contributed by atoms with Gasteiger partial charge in [-0.2, -0.15) is 0 Å². The first-order chi connectivity index (χ1) is 8.27. The number of aromatic nitrogens is 1. The molecule has 1 amide bonds. The maximum absolute atomic E-state index is 11.8. The van der Waals surface area contributed by atoms with Gasteiger partial charge in [0, 0.05) is 13.0 Å². The molecule has 2 rings (SSSR count). The van der Waals surface area contributed by atoms with Gasteiger partial charge in [0.2, 0.25) is 0 Å². The highest BCUT2D eigenvalue weighted by molar-refractivity contribution is 6.33. The summed E-state index contributed by atoms with van der Waals surface area (Å²) in [4.78, 5) is 15.7. The lowest BCUT2D eigenvalue weighted by Crippen LogP contribution is -2.25. The summed E-state index contributed by atoms with van der Waals surface area (Å²) in [5, 5.41) is 3.22. The van der Waals surface area contributed by atoms with Gasteiger partial charge >= 0.3 is 0 Å². The zero-order chi connectivity index (χ0) is 12.1. The second-order valence-electron chi connectivity index (χ2n) is 3.47. The Kier molecular flexibility index (Phi) is 3.77. The van der Waals surface area contributed by atoms with E-state index >= 15 is 0 Å². The van der Waals surface area contributed by atoms with E-state index in [9.17, 15) is 4.79 Å². The average molecular weight is 251 g/mol. The summed E-state index contributed by atoms with van der Waals surface area (Å²) >= 11 is 5.91. The number of halogens is 1. The second kappa shape index (κ2) is 5.50. The molecule has 0 radical (unpaired) electrons. The average Bonchev–Trinajstić information content (AvgIpc) is 2.82. The lowest BCUT2D eigenvalue weighted by molar-refractivity contribution is 0.0954. The van der Waals surface area contributed by atoms with Gasteiger partial charge in [0.05, 0.1) is 16.3 Å². The predicted molar refractivity (Wildman–Crippen MR) is 64.0 cm³/mol. The second-order valence-corrected chi connectivity index (χ2v) is 3.87. The van der Waals surface area contributed by atoms with Gasteiger partial charge in [-0.15, -0.1) is 0 Å². The fraction of sp³-hybridized carbons (Fsp3) is 0.167. The van der Waals surface area contributed by atoms with Crippen molar-refractivity contribution in [2.24, 2.45) is 0 Å². The van der Waals surface area contributed by atoms with Crippen LogP contribution < -0.4 is 5.32 Å². The molecule has 0 saturated heterocycles. The van der Waals surface area contributed by atoms with Gasteiger partial charge in [-0.25, -0.2) is 4.98 Å². The zero-order valence-corrected chi connectivity index (χ0v) is 9.78. The lowest BCUT2D eigenvalue weighted by atomic mass is 10.2. The molecule has 0 bridgehead atoms. The first kappa shape index (κ1) is 11.7. The fourth-order valence-corrected chi connectivity index (χ4v) is 1.63. The zero-order valence-electron chi connectivity index (χ0n) is 9.02. The molecule has 0 spiro atoms. The lowest BCUT2D eigenvalue weighted by Gasteiger charge is -2.05. The molecule has 0 aliphatic heterocycles. The molecule has 0 atom stereocenters. The Morgan fingerprint density at radius 2 is 2.24 bits per heavy atom. The summed E-state index contributed by atoms with van der Waals surface area (Å²) < 4.78 is 4.83. The Labute approximate surface area is 104 Å². The number of nitrogens with one attached hydrogen (secondary N) is 1. The summed E-state index contributed by atoms with van der Waals surface area (Å²) in [6, 6.07) is 6.94. The van der Waals surface area contributed by atoms with Gasteiger partial charge < -0.3 is 9.73 Å². The van der Waals surface area contributed by atoms with Crippen LogP contribution in [0.5, 0.6) is 0 Å². The van der Waals surface area contributed by atoms with Crippen LogP contribution >= 0.6 is 11.6 Å². The standard InChI is InChI=1S/C12H11ClN2O2/c13-11-4-2-1-3-10(11)12(16)14-6-5-9-7-17-8-15-9/h1-4,7-8H,5-6H2,(H,14,16). The quantitative estimate of drug-likeness (QED) is 0.906. The molecule has 2 aromatic rings. The number of benzene rings is 1. The van der Waals surface area contributed by atoms with Crippen LogP contribution in [0.4, 0.5) is 0 Å². The first-order valence-electron chi connectivity index (χ1n) is 5.17. The molecule has 0 saturated carbocycles. The number of nitrogens with zero attached hydrogens (tertiary/aromatic N) is 1. The van der Waals surface area contributed by atoms with E-state index < -0.39 is 0 Å². The molecule has 1 heterocycles. The highest BCUT2D eigenvalue weighted by Crippen LogP contribution is 2.14. The molecular formula is C12H11ClN2O2. The minimum Gasteiger partial charge on any atom is -0.451 e. The van der Waals surface area contributed by atoms with Crippen LogP contribution in [0.25, 0.3) is 0 Å². The van der Waals surface area contributed by atoms with Crippen molar-refractivity contribution in [2.75, 3.05) is 6.54 Å². The molecule has 0 unspecified atom stereocenters. The number of amides is 1. The van der Waals surface area contributed by atoms with Crippen LogP contribution in [0, 0.1) is 0 Å². The van der Waals surface area contributed by atoms with Gasteiger partial charge in [0.1, 0.15) is 6.26 Å². The highest BCUT2D eigenvalue weighted by atomic mass is 35.5. The maximum Gasteiger partial charge on any atom is 0.252 e. The molecule has 88 valence electrons. The largest absolute Gasteiger partial charge is 0.451 e. The van der Waals surface area contributed by atoms with E-state index in [-0.39, 0.29) is 5.91 Å². The van der Waals surface area contributed by atoms with Crippen molar-refractivity contribution in [1.82, 2.24) is 10.3 Å². The molecular weight excluding hydrogens is 240 g/mol. The third-order valence-electron chi connectivity index (χ3n) is 2.27. The third kappa shape index (κ3) is 3.07. The normalized spacial score (nSPS) is 10.2. The molecule has 1 N–H and O–H groups in total. The van der Waals surface area contributed by atoms with Gasteiger partial charge in [-0.1, -0.05) is 23.7 Å². The molecule has 17 heavy (non-hydrogen) atoms. The van der Waals surface area contributed by atoms with Crippen LogP contribution in [0.3, 0.4) is 0 Å². The van der Waals surface area contributed by atoms with E-state index in [1.54, 1.807) is 30.5 Å². The smallest absolute Gasteiger partial charge is 0.252 e. The van der Waals surface area contributed by atoms with Crippen LogP contribution in [-0.2, 0) is 6.42 Å². The van der Waals surface area contributed by atoms with Crippen molar-refractivity contribution in [2.45, 2.75) is 6.42 Å². The molecule has 4 nitrogen and oxygen atoms in total. The first-order valence-corrected chi connectivity index (χ1v) is 5.55. The van der Waals surface area contributed by atoms with Crippen molar-refractivity contribution in [1.29, 1.82) is 0 Å². The van der Waals surface area contributed by atoms with E-state index in [4.69, 9.17) is 16.0 Å². The van der Waals surface area contributed by atoms with E-state index in [0.29, 0.717) is 23.6 Å². The number of oxazole rings is 1. The van der Waals surface area contributed by atoms with E-state index in [0.717, 1.165) is 5.69 Å². The van der Waals surface area contributed by atoms with Gasteiger partial charge in [-0.3, -0.25) is 4.79 Å². The van der Waals surface area contributed by atoms with Gasteiger partial charge in [0.15, 0.2) is 6.39 Å². The number of carbonyl (C=O) groups excluding carboxylic acids is 1. The Morgan fingerprint density at radius 1 is 1.41 bits per heavy atom. The van der Waals surface area contributed by atoms with Gasteiger partial charge in [0.25, 0.3) is 5.91 Å². The summed E-state index contributed by atoms with van der Waals surface area (Å²) in [6.07, 6.45) is 3.56. The van der Waals surface area contributed by atoms with Crippen LogP contribution in [0.15, 0.2) is 41.3 Å². The highest BCUT2D eigenvalue weighted by Gasteiger charge is 2.08. The fourth-order valence-electron chi connectivity index (χ4n) is 1.41. The Morgan fingerprint density at radius 3 is 2.94 bits per heavy atom. The van der Waals surface area contributed by atoms with Crippen molar-refractivity contribution in [3.8, 4) is 0 Å². The minimum atomic E-state index is -0.181.